The van der Waals surface area contributed by atoms with Gasteiger partial charge in [-0.25, -0.2) is 0 Å². The maximum absolute atomic E-state index is 12.8. The molecule has 0 saturated heterocycles. The number of hydrogen-bond donors (Lipinski definition) is 3. The molecule has 4 nitrogen and oxygen atoms in total. The Labute approximate surface area is 206 Å². The summed E-state index contributed by atoms with van der Waals surface area (Å²) in [5.41, 5.74) is 0.858. The first-order chi connectivity index (χ1) is 15.7. The zero-order valence-electron chi connectivity index (χ0n) is 22.4. The van der Waals surface area contributed by atoms with Crippen LogP contribution in [0.15, 0.2) is 11.6 Å². The standard InChI is InChI=1S/C30H48O4/c1-25(2)13-15-30(24(33)34)16-14-28(5)19(20(30)17-25)7-8-22-26(3)11-10-23(32)27(4,18-31)21(26)9-12-29(22,28)6/h7,20-23,31-32H,8-18H2,1-6H3,(H,33,34)/t20-,21-,22-,23+,26-,27-,28-,29+,30-/m0/s1. The summed E-state index contributed by atoms with van der Waals surface area (Å²) < 4.78 is 0. The summed E-state index contributed by atoms with van der Waals surface area (Å²) in [6.07, 6.45) is 11.6. The summed E-state index contributed by atoms with van der Waals surface area (Å²) in [6, 6.07) is 0. The minimum absolute atomic E-state index is 0.0204. The minimum atomic E-state index is -0.588. The molecule has 0 aromatic heterocycles. The number of allylic oxidation sites excluding steroid dienone is 2. The quantitative estimate of drug-likeness (QED) is 0.418. The lowest BCUT2D eigenvalue weighted by Crippen LogP contribution is -2.65. The van der Waals surface area contributed by atoms with Gasteiger partial charge in [-0.15, -0.1) is 0 Å². The molecule has 4 fully saturated rings. The van der Waals surface area contributed by atoms with Crippen LogP contribution in [0.1, 0.15) is 106 Å². The molecule has 0 unspecified atom stereocenters. The van der Waals surface area contributed by atoms with Crippen molar-refractivity contribution >= 4 is 5.97 Å². The average molecular weight is 473 g/mol. The van der Waals surface area contributed by atoms with Crippen molar-refractivity contribution < 1.29 is 20.1 Å². The highest BCUT2D eigenvalue weighted by atomic mass is 16.4. The van der Waals surface area contributed by atoms with Crippen LogP contribution in [0.25, 0.3) is 0 Å². The first-order valence-electron chi connectivity index (χ1n) is 13.9. The van der Waals surface area contributed by atoms with E-state index in [1.165, 1.54) is 5.57 Å². The number of aliphatic carboxylic acids is 1. The molecule has 34 heavy (non-hydrogen) atoms. The highest BCUT2D eigenvalue weighted by Gasteiger charge is 2.69. The first kappa shape index (κ1) is 24.8. The van der Waals surface area contributed by atoms with E-state index in [1.807, 2.05) is 0 Å². The lowest BCUT2D eigenvalue weighted by Gasteiger charge is -2.71. The number of aliphatic hydroxyl groups is 2. The molecule has 0 aliphatic heterocycles. The summed E-state index contributed by atoms with van der Waals surface area (Å²) in [5, 5.41) is 31.8. The Hall–Kier alpha value is -0.870. The van der Waals surface area contributed by atoms with Crippen molar-refractivity contribution in [3.8, 4) is 0 Å². The van der Waals surface area contributed by atoms with E-state index in [1.54, 1.807) is 0 Å². The van der Waals surface area contributed by atoms with E-state index in [0.717, 1.165) is 64.2 Å². The first-order valence-corrected chi connectivity index (χ1v) is 13.9. The number of aliphatic hydroxyl groups excluding tert-OH is 2. The molecule has 9 atom stereocenters. The number of rotatable bonds is 2. The number of fused-ring (bicyclic) bond motifs is 7. The van der Waals surface area contributed by atoms with Gasteiger partial charge in [0.1, 0.15) is 0 Å². The highest BCUT2D eigenvalue weighted by Crippen LogP contribution is 2.75. The van der Waals surface area contributed by atoms with Gasteiger partial charge in [0, 0.05) is 5.41 Å². The summed E-state index contributed by atoms with van der Waals surface area (Å²) in [5.74, 6) is 0.395. The third-order valence-electron chi connectivity index (χ3n) is 13.2. The Kier molecular flexibility index (Phi) is 5.36. The topological polar surface area (TPSA) is 77.8 Å². The lowest BCUT2D eigenvalue weighted by molar-refractivity contribution is -0.216. The van der Waals surface area contributed by atoms with Crippen molar-refractivity contribution in [1.29, 1.82) is 0 Å². The SMILES string of the molecule is CC1(C)CC[C@]2(C(=O)O)CC[C@@]3(C)C(=CC[C@H]4[C@@]5(C)CC[C@@H](O)[C@@](C)(CO)[C@H]5CC[C@]43C)[C@@H]2C1. The predicted octanol–water partition coefficient (Wildman–Crippen LogP) is 6.21. The Morgan fingerprint density at radius 1 is 0.941 bits per heavy atom. The number of carboxylic acids is 1. The van der Waals surface area contributed by atoms with Crippen molar-refractivity contribution in [2.24, 2.45) is 50.2 Å². The Morgan fingerprint density at radius 2 is 1.62 bits per heavy atom. The molecule has 5 rings (SSSR count). The smallest absolute Gasteiger partial charge is 0.310 e. The van der Waals surface area contributed by atoms with Crippen LogP contribution in [0, 0.1) is 50.2 Å². The second kappa shape index (κ2) is 7.34. The molecule has 0 heterocycles. The van der Waals surface area contributed by atoms with Crippen LogP contribution >= 0.6 is 0 Å². The molecule has 0 amide bonds. The molecule has 0 spiro atoms. The fourth-order valence-electron chi connectivity index (χ4n) is 10.7. The van der Waals surface area contributed by atoms with Crippen LogP contribution in [-0.4, -0.2) is 34.0 Å². The van der Waals surface area contributed by atoms with Crippen LogP contribution in [0.2, 0.25) is 0 Å². The van der Waals surface area contributed by atoms with Gasteiger partial charge in [0.15, 0.2) is 0 Å². The van der Waals surface area contributed by atoms with Crippen LogP contribution in [-0.2, 0) is 4.79 Å². The summed E-state index contributed by atoms with van der Waals surface area (Å²) in [7, 11) is 0. The Balaban J connectivity index is 1.60. The maximum atomic E-state index is 12.8. The molecule has 0 aromatic rings. The highest BCUT2D eigenvalue weighted by molar-refractivity contribution is 5.76. The van der Waals surface area contributed by atoms with E-state index in [0.29, 0.717) is 11.8 Å². The van der Waals surface area contributed by atoms with Gasteiger partial charge in [-0.1, -0.05) is 53.2 Å². The fraction of sp³-hybridized carbons (Fsp3) is 0.900. The number of carboxylic acid groups (broad SMARTS) is 1. The molecule has 4 saturated carbocycles. The zero-order chi connectivity index (χ0) is 24.9. The van der Waals surface area contributed by atoms with E-state index >= 15 is 0 Å². The van der Waals surface area contributed by atoms with Crippen molar-refractivity contribution in [1.82, 2.24) is 0 Å². The molecule has 4 heteroatoms. The van der Waals surface area contributed by atoms with Gasteiger partial charge in [0.2, 0.25) is 0 Å². The lowest BCUT2D eigenvalue weighted by atomic mass is 9.33. The van der Waals surface area contributed by atoms with Crippen molar-refractivity contribution in [2.75, 3.05) is 6.61 Å². The third kappa shape index (κ3) is 2.88. The predicted molar refractivity (Wildman–Crippen MR) is 134 cm³/mol. The minimum Gasteiger partial charge on any atom is -0.481 e. The van der Waals surface area contributed by atoms with Crippen molar-refractivity contribution in [2.45, 2.75) is 112 Å². The second-order valence-electron chi connectivity index (χ2n) is 14.9. The molecule has 0 bridgehead atoms. The summed E-state index contributed by atoms with van der Waals surface area (Å²) >= 11 is 0. The van der Waals surface area contributed by atoms with E-state index in [9.17, 15) is 20.1 Å². The molecule has 192 valence electrons. The van der Waals surface area contributed by atoms with Gasteiger partial charge < -0.3 is 15.3 Å². The number of hydrogen-bond acceptors (Lipinski definition) is 3. The molecular formula is C30H48O4. The maximum Gasteiger partial charge on any atom is 0.310 e. The molecule has 5 aliphatic rings. The molecule has 0 aromatic carbocycles. The van der Waals surface area contributed by atoms with Crippen molar-refractivity contribution in [3.63, 3.8) is 0 Å². The normalized spacial score (nSPS) is 54.1. The summed E-state index contributed by atoms with van der Waals surface area (Å²) in [6.45, 7) is 14.3. The van der Waals surface area contributed by atoms with Crippen LogP contribution < -0.4 is 0 Å². The molecule has 5 aliphatic carbocycles. The van der Waals surface area contributed by atoms with Crippen LogP contribution in [0.4, 0.5) is 0 Å². The number of carbonyl (C=O) groups is 1. The fourth-order valence-corrected chi connectivity index (χ4v) is 10.7. The summed E-state index contributed by atoms with van der Waals surface area (Å²) in [4.78, 5) is 12.8. The average Bonchev–Trinajstić information content (AvgIpc) is 2.76. The van der Waals surface area contributed by atoms with Crippen LogP contribution in [0.3, 0.4) is 0 Å². The monoisotopic (exact) mass is 472 g/mol. The third-order valence-corrected chi connectivity index (χ3v) is 13.2. The second-order valence-corrected chi connectivity index (χ2v) is 14.9. The van der Waals surface area contributed by atoms with Crippen LogP contribution in [0.5, 0.6) is 0 Å². The van der Waals surface area contributed by atoms with E-state index < -0.39 is 22.9 Å². The van der Waals surface area contributed by atoms with E-state index in [4.69, 9.17) is 0 Å². The zero-order valence-corrected chi connectivity index (χ0v) is 22.4. The molecule has 3 N–H and O–H groups in total. The largest absolute Gasteiger partial charge is 0.481 e. The van der Waals surface area contributed by atoms with E-state index in [-0.39, 0.29) is 34.2 Å². The van der Waals surface area contributed by atoms with Gasteiger partial charge >= 0.3 is 5.97 Å². The Morgan fingerprint density at radius 3 is 2.26 bits per heavy atom. The van der Waals surface area contributed by atoms with Gasteiger partial charge in [-0.3, -0.25) is 4.79 Å². The van der Waals surface area contributed by atoms with Gasteiger partial charge in [0.25, 0.3) is 0 Å². The molecular weight excluding hydrogens is 424 g/mol. The van der Waals surface area contributed by atoms with Gasteiger partial charge in [-0.2, -0.15) is 0 Å². The van der Waals surface area contributed by atoms with Gasteiger partial charge in [0.05, 0.1) is 18.1 Å². The van der Waals surface area contributed by atoms with E-state index in [2.05, 4.69) is 47.6 Å². The van der Waals surface area contributed by atoms with Gasteiger partial charge in [-0.05, 0) is 104 Å². The Bertz CT molecular complexity index is 907. The van der Waals surface area contributed by atoms with Crippen molar-refractivity contribution in [3.05, 3.63) is 11.6 Å². The molecule has 0 radical (unpaired) electrons.